The lowest BCUT2D eigenvalue weighted by molar-refractivity contribution is 0.0698. The van der Waals surface area contributed by atoms with Crippen LogP contribution in [-0.4, -0.2) is 76.6 Å². The zero-order chi connectivity index (χ0) is 17.6. The monoisotopic (exact) mass is 342 g/mol. The topological polar surface area (TPSA) is 58.1 Å². The second-order valence-corrected chi connectivity index (χ2v) is 6.67. The van der Waals surface area contributed by atoms with Crippen molar-refractivity contribution in [2.75, 3.05) is 59.7 Å². The summed E-state index contributed by atoms with van der Waals surface area (Å²) in [6.07, 6.45) is 3.60. The molecule has 1 unspecified atom stereocenters. The van der Waals surface area contributed by atoms with E-state index >= 15 is 0 Å². The number of ether oxygens (including phenoxy) is 2. The zero-order valence-corrected chi connectivity index (χ0v) is 16.1. The minimum absolute atomic E-state index is 0.505. The van der Waals surface area contributed by atoms with Gasteiger partial charge in [-0.15, -0.1) is 0 Å². The van der Waals surface area contributed by atoms with Crippen LogP contribution >= 0.6 is 0 Å². The van der Waals surface area contributed by atoms with E-state index in [1.54, 1.807) is 7.11 Å². The summed E-state index contributed by atoms with van der Waals surface area (Å²) < 4.78 is 10.4. The first-order valence-electron chi connectivity index (χ1n) is 9.50. The fourth-order valence-electron chi connectivity index (χ4n) is 2.78. The van der Waals surface area contributed by atoms with Crippen molar-refractivity contribution in [2.45, 2.75) is 46.1 Å². The predicted octanol–water partition coefficient (Wildman–Crippen LogP) is 1.72. The molecule has 1 heterocycles. The SMILES string of the molecule is CCNC(=NCC(C)N1CCC(C)CC1)NCCCOCCOC. The van der Waals surface area contributed by atoms with Crippen LogP contribution < -0.4 is 10.6 Å². The number of methoxy groups -OCH3 is 1. The molecule has 0 aromatic rings. The Labute approximate surface area is 148 Å². The fourth-order valence-corrected chi connectivity index (χ4v) is 2.78. The molecule has 1 rings (SSSR count). The van der Waals surface area contributed by atoms with Crippen LogP contribution in [0.25, 0.3) is 0 Å². The first kappa shape index (κ1) is 21.2. The molecule has 2 N–H and O–H groups in total. The van der Waals surface area contributed by atoms with Crippen molar-refractivity contribution in [3.63, 3.8) is 0 Å². The van der Waals surface area contributed by atoms with Crippen LogP contribution in [0.3, 0.4) is 0 Å². The van der Waals surface area contributed by atoms with Gasteiger partial charge >= 0.3 is 0 Å². The quantitative estimate of drug-likeness (QED) is 0.340. The Hall–Kier alpha value is -0.850. The molecule has 1 atom stereocenters. The standard InChI is InChI=1S/C18H38N4O2/c1-5-19-18(20-9-6-12-24-14-13-23-4)21-15-17(3)22-10-7-16(2)8-11-22/h16-17H,5-15H2,1-4H3,(H2,19,20,21). The van der Waals surface area contributed by atoms with Gasteiger partial charge in [0, 0.05) is 32.8 Å². The number of rotatable bonds is 11. The van der Waals surface area contributed by atoms with Crippen LogP contribution in [0, 0.1) is 5.92 Å². The smallest absolute Gasteiger partial charge is 0.191 e. The van der Waals surface area contributed by atoms with Crippen LogP contribution in [0.5, 0.6) is 0 Å². The largest absolute Gasteiger partial charge is 0.382 e. The lowest BCUT2D eigenvalue weighted by atomic mass is 9.98. The number of piperidine rings is 1. The van der Waals surface area contributed by atoms with Crippen molar-refractivity contribution < 1.29 is 9.47 Å². The van der Waals surface area contributed by atoms with Crippen LogP contribution in [-0.2, 0) is 9.47 Å². The molecule has 0 amide bonds. The van der Waals surface area contributed by atoms with Crippen LogP contribution in [0.1, 0.15) is 40.0 Å². The Morgan fingerprint density at radius 1 is 1.21 bits per heavy atom. The van der Waals surface area contributed by atoms with Crippen molar-refractivity contribution in [2.24, 2.45) is 10.9 Å². The average molecular weight is 343 g/mol. The number of aliphatic imine (C=N–C) groups is 1. The summed E-state index contributed by atoms with van der Waals surface area (Å²) in [5.74, 6) is 1.79. The molecular weight excluding hydrogens is 304 g/mol. The summed E-state index contributed by atoms with van der Waals surface area (Å²) in [7, 11) is 1.69. The third kappa shape index (κ3) is 9.45. The van der Waals surface area contributed by atoms with E-state index in [-0.39, 0.29) is 0 Å². The summed E-state index contributed by atoms with van der Waals surface area (Å²) in [4.78, 5) is 7.31. The van der Waals surface area contributed by atoms with Gasteiger partial charge in [0.2, 0.25) is 0 Å². The molecule has 0 spiro atoms. The highest BCUT2D eigenvalue weighted by molar-refractivity contribution is 5.79. The Balaban J connectivity index is 2.23. The molecular formula is C18H38N4O2. The molecule has 1 aliphatic rings. The summed E-state index contributed by atoms with van der Waals surface area (Å²) >= 11 is 0. The first-order valence-corrected chi connectivity index (χ1v) is 9.50. The van der Waals surface area contributed by atoms with Gasteiger partial charge in [-0.05, 0) is 52.1 Å². The zero-order valence-electron chi connectivity index (χ0n) is 16.1. The average Bonchev–Trinajstić information content (AvgIpc) is 2.59. The van der Waals surface area contributed by atoms with E-state index in [1.807, 2.05) is 0 Å². The van der Waals surface area contributed by atoms with Crippen molar-refractivity contribution in [1.82, 2.24) is 15.5 Å². The highest BCUT2D eigenvalue weighted by Crippen LogP contribution is 2.17. The third-order valence-electron chi connectivity index (χ3n) is 4.49. The number of guanidine groups is 1. The molecule has 6 heteroatoms. The Morgan fingerprint density at radius 3 is 2.62 bits per heavy atom. The second kappa shape index (κ2) is 13.4. The maximum Gasteiger partial charge on any atom is 0.191 e. The van der Waals surface area contributed by atoms with Gasteiger partial charge in [0.05, 0.1) is 19.8 Å². The predicted molar refractivity (Wildman–Crippen MR) is 101 cm³/mol. The second-order valence-electron chi connectivity index (χ2n) is 6.67. The molecule has 142 valence electrons. The van der Waals surface area contributed by atoms with Gasteiger partial charge in [-0.3, -0.25) is 9.89 Å². The van der Waals surface area contributed by atoms with Gasteiger partial charge in [-0.25, -0.2) is 0 Å². The van der Waals surface area contributed by atoms with E-state index < -0.39 is 0 Å². The van der Waals surface area contributed by atoms with E-state index in [4.69, 9.17) is 14.5 Å². The van der Waals surface area contributed by atoms with Crippen molar-refractivity contribution in [3.05, 3.63) is 0 Å². The molecule has 0 aliphatic carbocycles. The summed E-state index contributed by atoms with van der Waals surface area (Å²) in [5, 5.41) is 6.70. The van der Waals surface area contributed by atoms with E-state index in [2.05, 4.69) is 36.3 Å². The molecule has 0 aromatic carbocycles. The van der Waals surface area contributed by atoms with E-state index in [9.17, 15) is 0 Å². The Kier molecular flexibility index (Phi) is 11.9. The number of nitrogens with zero attached hydrogens (tertiary/aromatic N) is 2. The molecule has 24 heavy (non-hydrogen) atoms. The van der Waals surface area contributed by atoms with Crippen molar-refractivity contribution >= 4 is 5.96 Å². The highest BCUT2D eigenvalue weighted by atomic mass is 16.5. The molecule has 0 bridgehead atoms. The lowest BCUT2D eigenvalue weighted by Crippen LogP contribution is -2.43. The van der Waals surface area contributed by atoms with Crippen LogP contribution in [0.2, 0.25) is 0 Å². The van der Waals surface area contributed by atoms with E-state index in [1.165, 1.54) is 25.9 Å². The maximum absolute atomic E-state index is 5.47. The molecule has 1 fully saturated rings. The maximum atomic E-state index is 5.47. The van der Waals surface area contributed by atoms with Gasteiger partial charge in [-0.1, -0.05) is 6.92 Å². The summed E-state index contributed by atoms with van der Waals surface area (Å²) in [6.45, 7) is 13.8. The van der Waals surface area contributed by atoms with Gasteiger partial charge in [0.15, 0.2) is 5.96 Å². The summed E-state index contributed by atoms with van der Waals surface area (Å²) in [6, 6.07) is 0.505. The van der Waals surface area contributed by atoms with Gasteiger partial charge in [-0.2, -0.15) is 0 Å². The third-order valence-corrected chi connectivity index (χ3v) is 4.49. The minimum Gasteiger partial charge on any atom is -0.382 e. The van der Waals surface area contributed by atoms with Crippen molar-refractivity contribution in [1.29, 1.82) is 0 Å². The lowest BCUT2D eigenvalue weighted by Gasteiger charge is -2.34. The fraction of sp³-hybridized carbons (Fsp3) is 0.944. The Morgan fingerprint density at radius 2 is 1.96 bits per heavy atom. The minimum atomic E-state index is 0.505. The van der Waals surface area contributed by atoms with Gasteiger partial charge in [0.1, 0.15) is 0 Å². The Bertz CT molecular complexity index is 331. The normalized spacial score (nSPS) is 18.6. The molecule has 1 saturated heterocycles. The molecule has 1 aliphatic heterocycles. The van der Waals surface area contributed by atoms with E-state index in [0.29, 0.717) is 19.3 Å². The number of hydrogen-bond acceptors (Lipinski definition) is 4. The molecule has 0 radical (unpaired) electrons. The first-order chi connectivity index (χ1) is 11.7. The van der Waals surface area contributed by atoms with Gasteiger partial charge in [0.25, 0.3) is 0 Å². The van der Waals surface area contributed by atoms with Crippen molar-refractivity contribution in [3.8, 4) is 0 Å². The number of hydrogen-bond donors (Lipinski definition) is 2. The molecule has 0 saturated carbocycles. The molecule has 0 aromatic heterocycles. The van der Waals surface area contributed by atoms with E-state index in [0.717, 1.165) is 44.5 Å². The highest BCUT2D eigenvalue weighted by Gasteiger charge is 2.19. The van der Waals surface area contributed by atoms with Crippen LogP contribution in [0.15, 0.2) is 4.99 Å². The number of likely N-dealkylation sites (tertiary alicyclic amines) is 1. The summed E-state index contributed by atoms with van der Waals surface area (Å²) in [5.41, 5.74) is 0. The van der Waals surface area contributed by atoms with Crippen LogP contribution in [0.4, 0.5) is 0 Å². The van der Waals surface area contributed by atoms with Gasteiger partial charge < -0.3 is 20.1 Å². The number of nitrogens with one attached hydrogen (secondary N) is 2. The molecule has 6 nitrogen and oxygen atoms in total.